The van der Waals surface area contributed by atoms with Crippen molar-refractivity contribution in [1.29, 1.82) is 0 Å². The van der Waals surface area contributed by atoms with Crippen LogP contribution in [0.4, 0.5) is 0 Å². The van der Waals surface area contributed by atoms with Crippen LogP contribution in [0, 0.1) is 0 Å². The maximum absolute atomic E-state index is 10.1. The zero-order valence-corrected chi connectivity index (χ0v) is 11.6. The Bertz CT molecular complexity index is 691. The summed E-state index contributed by atoms with van der Waals surface area (Å²) in [5, 5.41) is 29.7. The zero-order valence-electron chi connectivity index (χ0n) is 10.8. The number of aliphatic hydroxyl groups is 3. The fraction of sp³-hybridized carbons (Fsp3) is 0.417. The summed E-state index contributed by atoms with van der Waals surface area (Å²) in [5.74, 6) is 0. The summed E-state index contributed by atoms with van der Waals surface area (Å²) in [6.45, 7) is -0.398. The van der Waals surface area contributed by atoms with Gasteiger partial charge in [-0.2, -0.15) is 0 Å². The predicted octanol–water partition coefficient (Wildman–Crippen LogP) is -1.32. The van der Waals surface area contributed by atoms with E-state index >= 15 is 0 Å². The van der Waals surface area contributed by atoms with Gasteiger partial charge in [0.1, 0.15) is 35.3 Å². The highest BCUT2D eigenvalue weighted by Gasteiger charge is 2.44. The molecule has 9 heteroatoms. The second kappa shape index (κ2) is 5.28. The van der Waals surface area contributed by atoms with Gasteiger partial charge in [0.05, 0.1) is 6.61 Å². The lowest BCUT2D eigenvalue weighted by Crippen LogP contribution is -2.33. The Balaban J connectivity index is 2.11. The van der Waals surface area contributed by atoms with Crippen LogP contribution in [0.2, 0.25) is 0 Å². The summed E-state index contributed by atoms with van der Waals surface area (Å²) in [6, 6.07) is 0. The molecule has 112 valence electrons. The van der Waals surface area contributed by atoms with Gasteiger partial charge in [-0.3, -0.25) is 0 Å². The normalized spacial score (nSPS) is 29.1. The molecule has 0 radical (unpaired) electrons. The largest absolute Gasteiger partial charge is 0.394 e. The van der Waals surface area contributed by atoms with Crippen molar-refractivity contribution in [2.75, 3.05) is 6.61 Å². The number of nitrogens with zero attached hydrogens (tertiary/aromatic N) is 3. The van der Waals surface area contributed by atoms with Crippen LogP contribution in [0.5, 0.6) is 0 Å². The molecule has 0 aliphatic carbocycles. The molecule has 0 amide bonds. The predicted molar refractivity (Wildman–Crippen MR) is 76.4 cm³/mol. The number of nitrogens with two attached hydrogens (primary N) is 1. The third-order valence-electron chi connectivity index (χ3n) is 3.55. The van der Waals surface area contributed by atoms with E-state index in [1.807, 2.05) is 0 Å². The molecule has 0 unspecified atom stereocenters. The Kier molecular flexibility index (Phi) is 3.59. The Morgan fingerprint density at radius 1 is 1.43 bits per heavy atom. The third kappa shape index (κ3) is 2.19. The molecule has 1 aliphatic heterocycles. The molecular formula is C12H14N4O4S. The van der Waals surface area contributed by atoms with Crippen molar-refractivity contribution < 1.29 is 20.1 Å². The summed E-state index contributed by atoms with van der Waals surface area (Å²) >= 11 is 4.99. The van der Waals surface area contributed by atoms with Gasteiger partial charge in [0.2, 0.25) is 0 Å². The number of aromatic nitrogens is 3. The third-order valence-corrected chi connectivity index (χ3v) is 3.77. The number of rotatable bonds is 3. The quantitative estimate of drug-likeness (QED) is 0.514. The van der Waals surface area contributed by atoms with E-state index in [1.54, 1.807) is 12.4 Å². The number of fused-ring (bicyclic) bond motifs is 1. The van der Waals surface area contributed by atoms with E-state index < -0.39 is 31.1 Å². The zero-order chi connectivity index (χ0) is 15.1. The summed E-state index contributed by atoms with van der Waals surface area (Å²) < 4.78 is 7.03. The van der Waals surface area contributed by atoms with E-state index in [2.05, 4.69) is 9.97 Å². The van der Waals surface area contributed by atoms with Crippen LogP contribution in [-0.2, 0) is 4.74 Å². The second-order valence-corrected chi connectivity index (χ2v) is 5.24. The van der Waals surface area contributed by atoms with Crippen LogP contribution in [0.3, 0.4) is 0 Å². The maximum Gasteiger partial charge on any atom is 0.164 e. The van der Waals surface area contributed by atoms with Gasteiger partial charge in [0.15, 0.2) is 6.23 Å². The van der Waals surface area contributed by atoms with Crippen LogP contribution >= 0.6 is 12.2 Å². The molecule has 3 rings (SSSR count). The van der Waals surface area contributed by atoms with Gasteiger partial charge in [-0.1, -0.05) is 12.2 Å². The average molecular weight is 310 g/mol. The molecule has 8 nitrogen and oxygen atoms in total. The average Bonchev–Trinajstić information content (AvgIpc) is 2.99. The first-order valence-electron chi connectivity index (χ1n) is 6.27. The van der Waals surface area contributed by atoms with Crippen LogP contribution in [0.1, 0.15) is 11.8 Å². The van der Waals surface area contributed by atoms with Gasteiger partial charge >= 0.3 is 0 Å². The minimum atomic E-state index is -1.20. The molecule has 0 saturated carbocycles. The number of hydrogen-bond donors (Lipinski definition) is 4. The van der Waals surface area contributed by atoms with E-state index in [9.17, 15) is 10.2 Å². The molecule has 1 fully saturated rings. The summed E-state index contributed by atoms with van der Waals surface area (Å²) in [6.07, 6.45) is 0.370. The van der Waals surface area contributed by atoms with Crippen molar-refractivity contribution >= 4 is 28.2 Å². The van der Waals surface area contributed by atoms with E-state index in [4.69, 9.17) is 27.8 Å². The van der Waals surface area contributed by atoms with Crippen molar-refractivity contribution in [3.63, 3.8) is 0 Å². The summed E-state index contributed by atoms with van der Waals surface area (Å²) in [5.41, 5.74) is 6.71. The first-order chi connectivity index (χ1) is 10.0. The fourth-order valence-corrected chi connectivity index (χ4v) is 2.65. The number of aliphatic hydroxyl groups excluding tert-OH is 3. The number of ether oxygens (including phenoxy) is 1. The van der Waals surface area contributed by atoms with E-state index in [0.717, 1.165) is 0 Å². The van der Waals surface area contributed by atoms with Crippen LogP contribution < -0.4 is 5.73 Å². The SMILES string of the molecule is NC(=S)c1cn([C@@H]2O[C@H](CO)[C@@H](O)[C@H]2O)c2ncncc12. The fourth-order valence-electron chi connectivity index (χ4n) is 2.49. The lowest BCUT2D eigenvalue weighted by atomic mass is 10.1. The highest BCUT2D eigenvalue weighted by molar-refractivity contribution is 7.80. The number of hydrogen-bond acceptors (Lipinski definition) is 7. The minimum absolute atomic E-state index is 0.167. The molecule has 3 heterocycles. The molecular weight excluding hydrogens is 296 g/mol. The van der Waals surface area contributed by atoms with Gasteiger partial charge in [0, 0.05) is 23.3 Å². The Morgan fingerprint density at radius 3 is 2.81 bits per heavy atom. The van der Waals surface area contributed by atoms with Gasteiger partial charge in [-0.15, -0.1) is 0 Å². The Hall–Kier alpha value is -1.65. The summed E-state index contributed by atoms with van der Waals surface area (Å²) in [7, 11) is 0. The molecule has 2 aromatic rings. The smallest absolute Gasteiger partial charge is 0.164 e. The van der Waals surface area contributed by atoms with Crippen molar-refractivity contribution in [1.82, 2.24) is 14.5 Å². The number of thiocarbonyl (C=S) groups is 1. The molecule has 0 bridgehead atoms. The lowest BCUT2D eigenvalue weighted by molar-refractivity contribution is -0.0508. The van der Waals surface area contributed by atoms with E-state index in [-0.39, 0.29) is 4.99 Å². The highest BCUT2D eigenvalue weighted by atomic mass is 32.1. The van der Waals surface area contributed by atoms with Crippen molar-refractivity contribution in [2.24, 2.45) is 5.73 Å². The van der Waals surface area contributed by atoms with Gasteiger partial charge in [-0.05, 0) is 0 Å². The van der Waals surface area contributed by atoms with Crippen LogP contribution in [-0.4, -0.2) is 59.8 Å². The molecule has 0 aromatic carbocycles. The molecule has 1 saturated heterocycles. The van der Waals surface area contributed by atoms with E-state index in [1.165, 1.54) is 10.9 Å². The molecule has 1 aliphatic rings. The first kappa shape index (κ1) is 14.3. The standard InChI is InChI=1S/C12H14N4O4S/c13-10(21)6-2-16(11-5(6)1-14-4-15-11)12-9(19)8(18)7(3-17)20-12/h1-2,4,7-9,12,17-19H,3H2,(H2,13,21)/t7-,8-,9-,12-/m1/s1. The summed E-state index contributed by atoms with van der Waals surface area (Å²) in [4.78, 5) is 8.24. The second-order valence-electron chi connectivity index (χ2n) is 4.80. The van der Waals surface area contributed by atoms with Crippen molar-refractivity contribution in [3.8, 4) is 0 Å². The molecule has 4 atom stereocenters. The highest BCUT2D eigenvalue weighted by Crippen LogP contribution is 2.33. The Morgan fingerprint density at radius 2 is 2.19 bits per heavy atom. The molecule has 2 aromatic heterocycles. The van der Waals surface area contributed by atoms with Gasteiger partial charge < -0.3 is 30.4 Å². The molecule has 21 heavy (non-hydrogen) atoms. The molecule has 5 N–H and O–H groups in total. The first-order valence-corrected chi connectivity index (χ1v) is 6.68. The van der Waals surface area contributed by atoms with Crippen molar-refractivity contribution in [2.45, 2.75) is 24.5 Å². The van der Waals surface area contributed by atoms with Gasteiger partial charge in [0.25, 0.3) is 0 Å². The Labute approximate surface area is 124 Å². The van der Waals surface area contributed by atoms with Crippen LogP contribution in [0.25, 0.3) is 11.0 Å². The minimum Gasteiger partial charge on any atom is -0.394 e. The molecule has 0 spiro atoms. The van der Waals surface area contributed by atoms with Gasteiger partial charge in [-0.25, -0.2) is 9.97 Å². The maximum atomic E-state index is 10.1. The van der Waals surface area contributed by atoms with Crippen molar-refractivity contribution in [3.05, 3.63) is 24.3 Å². The van der Waals surface area contributed by atoms with E-state index in [0.29, 0.717) is 16.6 Å². The lowest BCUT2D eigenvalue weighted by Gasteiger charge is -2.17. The monoisotopic (exact) mass is 310 g/mol. The van der Waals surface area contributed by atoms with Crippen LogP contribution in [0.15, 0.2) is 18.7 Å². The topological polar surface area (TPSA) is 127 Å².